The van der Waals surface area contributed by atoms with E-state index < -0.39 is 17.9 Å². The molecule has 3 rings (SSSR count). The normalized spacial score (nSPS) is 12.2. The first kappa shape index (κ1) is 23.0. The van der Waals surface area contributed by atoms with Gasteiger partial charge in [-0.1, -0.05) is 60.1 Å². The van der Waals surface area contributed by atoms with Crippen LogP contribution in [0.1, 0.15) is 21.5 Å². The summed E-state index contributed by atoms with van der Waals surface area (Å²) in [7, 11) is 0. The molecule has 3 aromatic carbocycles. The number of guanidine groups is 1. The Kier molecular flexibility index (Phi) is 7.59. The average molecular weight is 451 g/mol. The SMILES string of the molecule is NC(=NCc1ccccc1-c1cccc(Cl)c1)NC(=O)c1ccc(C[C@H](N)C(=O)O)cc1. The topological polar surface area (TPSA) is 131 Å². The molecule has 1 amide bonds. The van der Waals surface area contributed by atoms with Gasteiger partial charge in [-0.25, -0.2) is 4.99 Å². The molecule has 0 spiro atoms. The Balaban J connectivity index is 1.65. The van der Waals surface area contributed by atoms with Crippen LogP contribution in [-0.2, 0) is 17.8 Å². The van der Waals surface area contributed by atoms with E-state index in [4.69, 9.17) is 28.2 Å². The second kappa shape index (κ2) is 10.6. The Morgan fingerprint density at radius 2 is 1.75 bits per heavy atom. The Bertz CT molecular complexity index is 1150. The van der Waals surface area contributed by atoms with Gasteiger partial charge < -0.3 is 16.6 Å². The number of carbonyl (C=O) groups is 2. The molecule has 0 aromatic heterocycles. The molecule has 0 heterocycles. The lowest BCUT2D eigenvalue weighted by molar-refractivity contribution is -0.138. The van der Waals surface area contributed by atoms with E-state index in [-0.39, 0.29) is 18.9 Å². The Morgan fingerprint density at radius 1 is 1.03 bits per heavy atom. The summed E-state index contributed by atoms with van der Waals surface area (Å²) in [5.74, 6) is -1.50. The van der Waals surface area contributed by atoms with E-state index in [2.05, 4.69) is 10.3 Å². The van der Waals surface area contributed by atoms with Crippen molar-refractivity contribution < 1.29 is 14.7 Å². The zero-order valence-corrected chi connectivity index (χ0v) is 17.9. The molecule has 0 aliphatic rings. The molecule has 0 unspecified atom stereocenters. The van der Waals surface area contributed by atoms with E-state index in [9.17, 15) is 9.59 Å². The van der Waals surface area contributed by atoms with Crippen LogP contribution in [0.3, 0.4) is 0 Å². The third kappa shape index (κ3) is 6.16. The molecule has 0 radical (unpaired) electrons. The van der Waals surface area contributed by atoms with E-state index in [1.165, 1.54) is 0 Å². The molecule has 0 bridgehead atoms. The fraction of sp³-hybridized carbons (Fsp3) is 0.125. The highest BCUT2D eigenvalue weighted by Gasteiger charge is 2.13. The van der Waals surface area contributed by atoms with Crippen molar-refractivity contribution in [2.75, 3.05) is 0 Å². The molecule has 7 nitrogen and oxygen atoms in total. The van der Waals surface area contributed by atoms with E-state index in [0.717, 1.165) is 22.3 Å². The number of hydrogen-bond acceptors (Lipinski definition) is 4. The lowest BCUT2D eigenvalue weighted by atomic mass is 10.00. The Hall–Kier alpha value is -3.68. The Labute approximate surface area is 190 Å². The smallest absolute Gasteiger partial charge is 0.320 e. The molecule has 0 aliphatic heterocycles. The van der Waals surface area contributed by atoms with Crippen molar-refractivity contribution in [3.8, 4) is 11.1 Å². The van der Waals surface area contributed by atoms with Gasteiger partial charge in [0.2, 0.25) is 0 Å². The first-order chi connectivity index (χ1) is 15.3. The van der Waals surface area contributed by atoms with Gasteiger partial charge in [0.15, 0.2) is 5.96 Å². The number of carboxylic acids is 1. The number of aliphatic carboxylic acids is 1. The first-order valence-electron chi connectivity index (χ1n) is 9.86. The summed E-state index contributed by atoms with van der Waals surface area (Å²) in [6, 6.07) is 20.8. The van der Waals surface area contributed by atoms with Gasteiger partial charge in [0.05, 0.1) is 6.54 Å². The highest BCUT2D eigenvalue weighted by Crippen LogP contribution is 2.26. The van der Waals surface area contributed by atoms with Gasteiger partial charge in [0.25, 0.3) is 5.91 Å². The number of benzene rings is 3. The van der Waals surface area contributed by atoms with Crippen LogP contribution in [0.4, 0.5) is 0 Å². The van der Waals surface area contributed by atoms with E-state index in [1.807, 2.05) is 48.5 Å². The van der Waals surface area contributed by atoms with Crippen molar-refractivity contribution in [3.05, 3.63) is 94.5 Å². The Morgan fingerprint density at radius 3 is 2.44 bits per heavy atom. The highest BCUT2D eigenvalue weighted by atomic mass is 35.5. The molecule has 1 atom stereocenters. The molecule has 3 aromatic rings. The van der Waals surface area contributed by atoms with Crippen LogP contribution in [-0.4, -0.2) is 29.0 Å². The first-order valence-corrected chi connectivity index (χ1v) is 10.2. The van der Waals surface area contributed by atoms with Gasteiger partial charge in [0, 0.05) is 10.6 Å². The number of aliphatic imine (C=N–C) groups is 1. The van der Waals surface area contributed by atoms with Crippen LogP contribution in [0.15, 0.2) is 77.8 Å². The number of hydrogen-bond donors (Lipinski definition) is 4. The summed E-state index contributed by atoms with van der Waals surface area (Å²) < 4.78 is 0. The average Bonchev–Trinajstić information content (AvgIpc) is 2.78. The van der Waals surface area contributed by atoms with E-state index >= 15 is 0 Å². The van der Waals surface area contributed by atoms with Gasteiger partial charge in [0.1, 0.15) is 6.04 Å². The van der Waals surface area contributed by atoms with Crippen molar-refractivity contribution in [1.82, 2.24) is 5.32 Å². The molecule has 6 N–H and O–H groups in total. The lowest BCUT2D eigenvalue weighted by Crippen LogP contribution is -2.36. The number of carboxylic acid groups (broad SMARTS) is 1. The maximum absolute atomic E-state index is 12.4. The number of nitrogens with zero attached hydrogens (tertiary/aromatic N) is 1. The minimum atomic E-state index is -1.08. The lowest BCUT2D eigenvalue weighted by Gasteiger charge is -2.10. The summed E-state index contributed by atoms with van der Waals surface area (Å²) in [5.41, 5.74) is 15.4. The molecular formula is C24H23ClN4O3. The van der Waals surface area contributed by atoms with Crippen LogP contribution >= 0.6 is 11.6 Å². The highest BCUT2D eigenvalue weighted by molar-refractivity contribution is 6.30. The minimum Gasteiger partial charge on any atom is -0.480 e. The van der Waals surface area contributed by atoms with Crippen molar-refractivity contribution in [3.63, 3.8) is 0 Å². The molecule has 8 heteroatoms. The molecule has 0 fully saturated rings. The van der Waals surface area contributed by atoms with Crippen LogP contribution in [0.5, 0.6) is 0 Å². The second-order valence-corrected chi connectivity index (χ2v) is 7.61. The molecule has 0 saturated carbocycles. The van der Waals surface area contributed by atoms with Crippen LogP contribution in [0.25, 0.3) is 11.1 Å². The summed E-state index contributed by atoms with van der Waals surface area (Å²) in [5, 5.41) is 12.1. The van der Waals surface area contributed by atoms with Gasteiger partial charge >= 0.3 is 5.97 Å². The summed E-state index contributed by atoms with van der Waals surface area (Å²) in [6.07, 6.45) is 0.173. The summed E-state index contributed by atoms with van der Waals surface area (Å²) in [4.78, 5) is 27.6. The van der Waals surface area contributed by atoms with Gasteiger partial charge in [-0.05, 0) is 52.9 Å². The number of rotatable bonds is 7. The molecule has 0 aliphatic carbocycles. The van der Waals surface area contributed by atoms with Crippen molar-refractivity contribution in [1.29, 1.82) is 0 Å². The fourth-order valence-corrected chi connectivity index (χ4v) is 3.32. The maximum Gasteiger partial charge on any atom is 0.320 e. The second-order valence-electron chi connectivity index (χ2n) is 7.17. The van der Waals surface area contributed by atoms with Crippen LogP contribution in [0.2, 0.25) is 5.02 Å². The summed E-state index contributed by atoms with van der Waals surface area (Å²) >= 11 is 6.11. The van der Waals surface area contributed by atoms with Crippen LogP contribution < -0.4 is 16.8 Å². The predicted molar refractivity (Wildman–Crippen MR) is 125 cm³/mol. The standard InChI is InChI=1S/C24H23ClN4O3/c25-19-6-3-5-17(13-19)20-7-2-1-4-18(20)14-28-24(27)29-22(30)16-10-8-15(9-11-16)12-21(26)23(31)32/h1-11,13,21H,12,14,26H2,(H,31,32)(H3,27,28,29,30)/t21-/m0/s1. The number of halogens is 1. The van der Waals surface area contributed by atoms with Crippen LogP contribution in [0, 0.1) is 0 Å². The minimum absolute atomic E-state index is 0.00660. The largest absolute Gasteiger partial charge is 0.480 e. The molecule has 164 valence electrons. The monoisotopic (exact) mass is 450 g/mol. The van der Waals surface area contributed by atoms with Crippen molar-refractivity contribution in [2.24, 2.45) is 16.5 Å². The molecular weight excluding hydrogens is 428 g/mol. The zero-order chi connectivity index (χ0) is 23.1. The van der Waals surface area contributed by atoms with Crippen molar-refractivity contribution in [2.45, 2.75) is 19.0 Å². The van der Waals surface area contributed by atoms with Crippen molar-refractivity contribution >= 4 is 29.4 Å². The summed E-state index contributed by atoms with van der Waals surface area (Å²) in [6.45, 7) is 0.279. The van der Waals surface area contributed by atoms with Gasteiger partial charge in [-0.3, -0.25) is 14.9 Å². The fourth-order valence-electron chi connectivity index (χ4n) is 3.13. The zero-order valence-electron chi connectivity index (χ0n) is 17.2. The maximum atomic E-state index is 12.4. The van der Waals surface area contributed by atoms with Gasteiger partial charge in [-0.15, -0.1) is 0 Å². The number of nitrogens with two attached hydrogens (primary N) is 2. The molecule has 32 heavy (non-hydrogen) atoms. The third-order valence-corrected chi connectivity index (χ3v) is 5.04. The predicted octanol–water partition coefficient (Wildman–Crippen LogP) is 3.21. The van der Waals surface area contributed by atoms with E-state index in [1.54, 1.807) is 24.3 Å². The quantitative estimate of drug-likeness (QED) is 0.324. The number of amides is 1. The van der Waals surface area contributed by atoms with Gasteiger partial charge in [-0.2, -0.15) is 0 Å². The molecule has 0 saturated heterocycles. The number of nitrogens with one attached hydrogen (secondary N) is 1. The van der Waals surface area contributed by atoms with E-state index in [0.29, 0.717) is 10.6 Å². The number of carbonyl (C=O) groups excluding carboxylic acids is 1. The third-order valence-electron chi connectivity index (χ3n) is 4.80.